The number of para-hydroxylation sites is 1. The normalized spacial score (nSPS) is 11.2. The summed E-state index contributed by atoms with van der Waals surface area (Å²) in [5.41, 5.74) is 0.440. The Labute approximate surface area is 149 Å². The van der Waals surface area contributed by atoms with Gasteiger partial charge in [0.05, 0.1) is 22.3 Å². The van der Waals surface area contributed by atoms with Gasteiger partial charge in [-0.05, 0) is 24.3 Å². The van der Waals surface area contributed by atoms with Crippen molar-refractivity contribution in [1.29, 1.82) is 0 Å². The Bertz CT molecular complexity index is 913. The molecule has 0 bridgehead atoms. The number of nitrogens with zero attached hydrogens (tertiary/aromatic N) is 2. The number of amides is 2. The van der Waals surface area contributed by atoms with Crippen LogP contribution >= 0.6 is 0 Å². The Balaban J connectivity index is 2.01. The van der Waals surface area contributed by atoms with Gasteiger partial charge in [0.1, 0.15) is 0 Å². The molecule has 2 N–H and O–H groups in total. The van der Waals surface area contributed by atoms with Gasteiger partial charge < -0.3 is 5.32 Å². The van der Waals surface area contributed by atoms with Gasteiger partial charge in [-0.2, -0.15) is 18.3 Å². The van der Waals surface area contributed by atoms with Crippen LogP contribution in [-0.2, 0) is 15.8 Å². The fourth-order valence-electron chi connectivity index (χ4n) is 1.94. The molecular formula is C16H11F3N4O4. The minimum absolute atomic E-state index is 0.0843. The molecule has 0 heterocycles. The van der Waals surface area contributed by atoms with Crippen molar-refractivity contribution in [3.05, 3.63) is 69.8 Å². The highest BCUT2D eigenvalue weighted by Crippen LogP contribution is 2.30. The topological polar surface area (TPSA) is 114 Å². The standard InChI is InChI=1S/C16H11F3N4O4/c17-16(18,19)11-5-3-6-12(8-11)21-14(24)15(25)22-20-9-10-4-1-2-7-13(10)23(26)27/h1-9H,(H,21,24)(H,22,25). The summed E-state index contributed by atoms with van der Waals surface area (Å²) in [6.07, 6.45) is -3.63. The molecule has 11 heteroatoms. The third-order valence-corrected chi connectivity index (χ3v) is 3.16. The monoisotopic (exact) mass is 380 g/mol. The number of hydrogen-bond donors (Lipinski definition) is 2. The van der Waals surface area contributed by atoms with Crippen LogP contribution in [0.15, 0.2) is 53.6 Å². The molecule has 27 heavy (non-hydrogen) atoms. The molecule has 0 spiro atoms. The van der Waals surface area contributed by atoms with Crippen LogP contribution in [0, 0.1) is 10.1 Å². The zero-order valence-electron chi connectivity index (χ0n) is 13.4. The van der Waals surface area contributed by atoms with Gasteiger partial charge in [0.2, 0.25) is 0 Å². The van der Waals surface area contributed by atoms with E-state index in [1.165, 1.54) is 30.3 Å². The van der Waals surface area contributed by atoms with E-state index in [2.05, 4.69) is 5.10 Å². The Morgan fingerprint density at radius 1 is 1.07 bits per heavy atom. The van der Waals surface area contributed by atoms with Gasteiger partial charge in [-0.3, -0.25) is 19.7 Å². The Morgan fingerprint density at radius 2 is 1.78 bits per heavy atom. The molecule has 2 aromatic carbocycles. The first-order valence-electron chi connectivity index (χ1n) is 7.23. The maximum Gasteiger partial charge on any atom is 0.416 e. The molecule has 0 aliphatic carbocycles. The van der Waals surface area contributed by atoms with Gasteiger partial charge in [0.15, 0.2) is 0 Å². The predicted octanol–water partition coefficient (Wildman–Crippen LogP) is 2.70. The number of carbonyl (C=O) groups is 2. The van der Waals surface area contributed by atoms with Gasteiger partial charge in [0.25, 0.3) is 5.69 Å². The number of rotatable bonds is 4. The number of hydrazone groups is 1. The molecule has 0 fully saturated rings. The van der Waals surface area contributed by atoms with Crippen LogP contribution in [0.5, 0.6) is 0 Å². The van der Waals surface area contributed by atoms with E-state index in [-0.39, 0.29) is 16.9 Å². The second-order valence-electron chi connectivity index (χ2n) is 5.05. The second kappa shape index (κ2) is 8.08. The van der Waals surface area contributed by atoms with E-state index in [4.69, 9.17) is 0 Å². The minimum Gasteiger partial charge on any atom is -0.318 e. The van der Waals surface area contributed by atoms with Crippen molar-refractivity contribution in [3.8, 4) is 0 Å². The van der Waals surface area contributed by atoms with Crippen LogP contribution in [0.4, 0.5) is 24.5 Å². The first-order chi connectivity index (χ1) is 12.7. The Hall–Kier alpha value is -3.76. The van der Waals surface area contributed by atoms with Crippen molar-refractivity contribution in [3.63, 3.8) is 0 Å². The summed E-state index contributed by atoms with van der Waals surface area (Å²) in [6.45, 7) is 0. The smallest absolute Gasteiger partial charge is 0.318 e. The average molecular weight is 380 g/mol. The molecule has 0 radical (unpaired) electrons. The number of nitro benzene ring substituents is 1. The summed E-state index contributed by atoms with van der Waals surface area (Å²) in [7, 11) is 0. The van der Waals surface area contributed by atoms with Crippen LogP contribution in [0.3, 0.4) is 0 Å². The molecule has 0 saturated carbocycles. The fourth-order valence-corrected chi connectivity index (χ4v) is 1.94. The van der Waals surface area contributed by atoms with Crippen LogP contribution in [0.2, 0.25) is 0 Å². The molecule has 2 amide bonds. The van der Waals surface area contributed by atoms with Crippen molar-refractivity contribution >= 4 is 29.4 Å². The molecule has 0 atom stereocenters. The maximum atomic E-state index is 12.6. The zero-order chi connectivity index (χ0) is 20.0. The summed E-state index contributed by atoms with van der Waals surface area (Å²) in [4.78, 5) is 33.5. The van der Waals surface area contributed by atoms with E-state index in [0.29, 0.717) is 6.07 Å². The van der Waals surface area contributed by atoms with Crippen LogP contribution in [0.25, 0.3) is 0 Å². The van der Waals surface area contributed by atoms with Crippen molar-refractivity contribution < 1.29 is 27.7 Å². The summed E-state index contributed by atoms with van der Waals surface area (Å²) in [5, 5.41) is 16.3. The van der Waals surface area contributed by atoms with Crippen molar-refractivity contribution in [2.75, 3.05) is 5.32 Å². The SMILES string of the molecule is O=C(NN=Cc1ccccc1[N+](=O)[O-])C(=O)Nc1cccc(C(F)(F)F)c1. The van der Waals surface area contributed by atoms with E-state index in [9.17, 15) is 32.9 Å². The molecule has 0 unspecified atom stereocenters. The highest BCUT2D eigenvalue weighted by atomic mass is 19.4. The molecule has 2 aromatic rings. The predicted molar refractivity (Wildman–Crippen MR) is 88.9 cm³/mol. The van der Waals surface area contributed by atoms with E-state index < -0.39 is 28.5 Å². The first kappa shape index (κ1) is 19.6. The van der Waals surface area contributed by atoms with Crippen LogP contribution in [-0.4, -0.2) is 23.0 Å². The van der Waals surface area contributed by atoms with E-state index >= 15 is 0 Å². The van der Waals surface area contributed by atoms with Gasteiger partial charge in [-0.15, -0.1) is 0 Å². The van der Waals surface area contributed by atoms with Crippen LogP contribution < -0.4 is 10.7 Å². The summed E-state index contributed by atoms with van der Waals surface area (Å²) < 4.78 is 37.9. The molecule has 0 saturated heterocycles. The summed E-state index contributed by atoms with van der Waals surface area (Å²) in [5.74, 6) is -2.52. The Morgan fingerprint density at radius 3 is 2.44 bits per heavy atom. The number of halogens is 3. The summed E-state index contributed by atoms with van der Waals surface area (Å²) >= 11 is 0. The number of benzene rings is 2. The quantitative estimate of drug-likeness (QED) is 0.367. The lowest BCUT2D eigenvalue weighted by atomic mass is 10.2. The van der Waals surface area contributed by atoms with E-state index in [0.717, 1.165) is 18.3 Å². The molecular weight excluding hydrogens is 369 g/mol. The fraction of sp³-hybridized carbons (Fsp3) is 0.0625. The number of hydrogen-bond acceptors (Lipinski definition) is 5. The maximum absolute atomic E-state index is 12.6. The average Bonchev–Trinajstić information content (AvgIpc) is 2.61. The molecule has 0 aromatic heterocycles. The zero-order valence-corrected chi connectivity index (χ0v) is 13.4. The highest BCUT2D eigenvalue weighted by Gasteiger charge is 2.30. The lowest BCUT2D eigenvalue weighted by molar-refractivity contribution is -0.385. The first-order valence-corrected chi connectivity index (χ1v) is 7.23. The molecule has 140 valence electrons. The molecule has 2 rings (SSSR count). The van der Waals surface area contributed by atoms with Gasteiger partial charge in [-0.25, -0.2) is 5.43 Å². The van der Waals surface area contributed by atoms with Gasteiger partial charge in [0, 0.05) is 11.8 Å². The third kappa shape index (κ3) is 5.36. The number of nitro groups is 1. The summed E-state index contributed by atoms with van der Waals surface area (Å²) in [6, 6.07) is 9.28. The number of anilines is 1. The molecule has 0 aliphatic rings. The highest BCUT2D eigenvalue weighted by molar-refractivity contribution is 6.39. The lowest BCUT2D eigenvalue weighted by Crippen LogP contribution is -2.32. The van der Waals surface area contributed by atoms with Gasteiger partial charge >= 0.3 is 18.0 Å². The van der Waals surface area contributed by atoms with Crippen molar-refractivity contribution in [2.45, 2.75) is 6.18 Å². The van der Waals surface area contributed by atoms with Crippen molar-refractivity contribution in [1.82, 2.24) is 5.43 Å². The Kier molecular flexibility index (Phi) is 5.85. The minimum atomic E-state index is -4.60. The van der Waals surface area contributed by atoms with Gasteiger partial charge in [-0.1, -0.05) is 18.2 Å². The number of alkyl halides is 3. The van der Waals surface area contributed by atoms with E-state index in [1.54, 1.807) is 0 Å². The third-order valence-electron chi connectivity index (χ3n) is 3.16. The lowest BCUT2D eigenvalue weighted by Gasteiger charge is -2.09. The number of carbonyl (C=O) groups excluding carboxylic acids is 2. The molecule has 8 nitrogen and oxygen atoms in total. The largest absolute Gasteiger partial charge is 0.416 e. The molecule has 0 aliphatic heterocycles. The van der Waals surface area contributed by atoms with Crippen LogP contribution in [0.1, 0.15) is 11.1 Å². The van der Waals surface area contributed by atoms with Crippen molar-refractivity contribution in [2.24, 2.45) is 5.10 Å². The second-order valence-corrected chi connectivity index (χ2v) is 5.05. The number of nitrogens with one attached hydrogen (secondary N) is 2. The van der Waals surface area contributed by atoms with E-state index in [1.807, 2.05) is 10.7 Å².